The first-order chi connectivity index (χ1) is 12.0. The first-order valence-electron chi connectivity index (χ1n) is 10.5. The van der Waals surface area contributed by atoms with Crippen molar-refractivity contribution in [1.82, 2.24) is 0 Å². The van der Waals surface area contributed by atoms with Gasteiger partial charge in [0, 0.05) is 12.3 Å². The minimum atomic E-state index is -0.789. The molecule has 0 heterocycles. The van der Waals surface area contributed by atoms with Gasteiger partial charge in [0.25, 0.3) is 0 Å². The predicted molar refractivity (Wildman–Crippen MR) is 101 cm³/mol. The van der Waals surface area contributed by atoms with Crippen LogP contribution in [-0.4, -0.2) is 22.3 Å². The van der Waals surface area contributed by atoms with Gasteiger partial charge in [0.15, 0.2) is 5.78 Å². The van der Waals surface area contributed by atoms with Crippen molar-refractivity contribution < 1.29 is 14.7 Å². The third-order valence-electron chi connectivity index (χ3n) is 8.96. The average molecular weight is 359 g/mol. The van der Waals surface area contributed by atoms with Crippen molar-refractivity contribution in [2.75, 3.05) is 0 Å². The van der Waals surface area contributed by atoms with Crippen LogP contribution < -0.4 is 0 Å². The Balaban J connectivity index is 1.82. The summed E-state index contributed by atoms with van der Waals surface area (Å²) in [7, 11) is 0. The molecular formula is C23H34O3. The highest BCUT2D eigenvalue weighted by Crippen LogP contribution is 2.69. The largest absolute Gasteiger partial charge is 0.390 e. The summed E-state index contributed by atoms with van der Waals surface area (Å²) in [6.45, 7) is 10.6. The summed E-state index contributed by atoms with van der Waals surface area (Å²) in [4.78, 5) is 24.4. The molecule has 1 N–H and O–H groups in total. The maximum atomic E-state index is 12.3. The van der Waals surface area contributed by atoms with Crippen molar-refractivity contribution in [2.45, 2.75) is 78.7 Å². The van der Waals surface area contributed by atoms with Crippen LogP contribution >= 0.6 is 0 Å². The summed E-state index contributed by atoms with van der Waals surface area (Å²) in [5, 5.41) is 11.7. The number of carbonyl (C=O) groups excluding carboxylic acids is 2. The second-order valence-corrected chi connectivity index (χ2v) is 10.6. The minimum absolute atomic E-state index is 0.0850. The molecule has 0 aliphatic heterocycles. The highest BCUT2D eigenvalue weighted by Gasteiger charge is 2.66. The summed E-state index contributed by atoms with van der Waals surface area (Å²) >= 11 is 0. The van der Waals surface area contributed by atoms with E-state index in [1.54, 1.807) is 6.92 Å². The molecule has 0 aromatic rings. The minimum Gasteiger partial charge on any atom is -0.390 e. The number of hydrogen-bond donors (Lipinski definition) is 1. The normalized spacial score (nSPS) is 53.4. The van der Waals surface area contributed by atoms with Crippen molar-refractivity contribution in [3.05, 3.63) is 11.6 Å². The number of aliphatic hydroxyl groups is 1. The molecule has 0 radical (unpaired) electrons. The lowest BCUT2D eigenvalue weighted by molar-refractivity contribution is -0.188. The molecule has 0 saturated heterocycles. The van der Waals surface area contributed by atoms with Crippen LogP contribution in [0.1, 0.15) is 73.1 Å². The van der Waals surface area contributed by atoms with Crippen molar-refractivity contribution >= 4 is 11.6 Å². The molecule has 4 aliphatic carbocycles. The Morgan fingerprint density at radius 2 is 1.92 bits per heavy atom. The van der Waals surface area contributed by atoms with E-state index in [9.17, 15) is 14.7 Å². The van der Waals surface area contributed by atoms with E-state index in [4.69, 9.17) is 0 Å². The van der Waals surface area contributed by atoms with Crippen molar-refractivity contribution in [2.24, 2.45) is 40.4 Å². The molecule has 0 aromatic carbocycles. The lowest BCUT2D eigenvalue weighted by atomic mass is 9.41. The highest BCUT2D eigenvalue weighted by atomic mass is 16.3. The Hall–Kier alpha value is -0.960. The summed E-state index contributed by atoms with van der Waals surface area (Å²) in [5.41, 5.74) is 0.315. The second-order valence-electron chi connectivity index (χ2n) is 10.6. The van der Waals surface area contributed by atoms with Crippen molar-refractivity contribution in [3.8, 4) is 0 Å². The number of Topliss-reactive ketones (excluding diaryl/α,β-unsaturated/α-hetero) is 1. The molecule has 3 fully saturated rings. The van der Waals surface area contributed by atoms with Gasteiger partial charge in [-0.2, -0.15) is 0 Å². The Labute approximate surface area is 157 Å². The lowest BCUT2D eigenvalue weighted by Crippen LogP contribution is -2.62. The topological polar surface area (TPSA) is 54.4 Å². The van der Waals surface area contributed by atoms with Crippen LogP contribution in [0.15, 0.2) is 11.6 Å². The number of hydrogen-bond acceptors (Lipinski definition) is 3. The maximum absolute atomic E-state index is 12.3. The Morgan fingerprint density at radius 1 is 1.23 bits per heavy atom. The summed E-state index contributed by atoms with van der Waals surface area (Å²) in [6, 6.07) is 0. The molecule has 0 unspecified atom stereocenters. The molecule has 0 aromatic heterocycles. The predicted octanol–water partition coefficient (Wildman–Crippen LogP) is 4.33. The van der Waals surface area contributed by atoms with Crippen LogP contribution in [0.3, 0.4) is 0 Å². The number of allylic oxidation sites excluding steroid dienone is 1. The fraction of sp³-hybridized carbons (Fsp3) is 0.826. The second kappa shape index (κ2) is 5.53. The van der Waals surface area contributed by atoms with Crippen molar-refractivity contribution in [1.29, 1.82) is 0 Å². The van der Waals surface area contributed by atoms with Gasteiger partial charge in [0.1, 0.15) is 5.78 Å². The van der Waals surface area contributed by atoms with Gasteiger partial charge in [0.05, 0.1) is 5.60 Å². The van der Waals surface area contributed by atoms with Gasteiger partial charge < -0.3 is 5.11 Å². The van der Waals surface area contributed by atoms with Crippen LogP contribution in [0, 0.1) is 40.4 Å². The molecule has 4 rings (SSSR count). The lowest BCUT2D eigenvalue weighted by Gasteiger charge is -2.64. The molecule has 3 nitrogen and oxygen atoms in total. The molecule has 0 spiro atoms. The van der Waals surface area contributed by atoms with E-state index in [2.05, 4.69) is 20.8 Å². The summed E-state index contributed by atoms with van der Waals surface area (Å²) in [6.07, 6.45) is 7.20. The van der Waals surface area contributed by atoms with Crippen LogP contribution in [0.25, 0.3) is 0 Å². The first kappa shape index (κ1) is 18.4. The van der Waals surface area contributed by atoms with E-state index < -0.39 is 5.60 Å². The number of carbonyl (C=O) groups is 2. The van der Waals surface area contributed by atoms with Crippen molar-refractivity contribution in [3.63, 3.8) is 0 Å². The standard InChI is InChI=1S/C23H34O3/c1-13-10-16-18-7-6-17(14(2)24)22(18,4)12-23(5,26)20(16)21(3)9-8-15(25)11-19(13)21/h11,13,16-18,20,26H,6-10,12H2,1-5H3/t13-,16+,17-,18+,20+,21+,22-,23+/m1/s1. The van der Waals surface area contributed by atoms with Gasteiger partial charge in [-0.05, 0) is 86.5 Å². The fourth-order valence-corrected chi connectivity index (χ4v) is 8.44. The highest BCUT2D eigenvalue weighted by molar-refractivity contribution is 5.91. The number of ketones is 2. The van der Waals surface area contributed by atoms with E-state index in [0.29, 0.717) is 36.4 Å². The van der Waals surface area contributed by atoms with Crippen LogP contribution in [-0.2, 0) is 9.59 Å². The summed E-state index contributed by atoms with van der Waals surface area (Å²) < 4.78 is 0. The molecule has 3 saturated carbocycles. The monoisotopic (exact) mass is 358 g/mol. The van der Waals surface area contributed by atoms with Gasteiger partial charge in [0.2, 0.25) is 0 Å². The van der Waals surface area contributed by atoms with E-state index in [-0.39, 0.29) is 28.4 Å². The van der Waals surface area contributed by atoms with Gasteiger partial charge in [-0.15, -0.1) is 0 Å². The first-order valence-corrected chi connectivity index (χ1v) is 10.5. The number of rotatable bonds is 1. The third-order valence-corrected chi connectivity index (χ3v) is 8.96. The summed E-state index contributed by atoms with van der Waals surface area (Å²) in [5.74, 6) is 2.17. The zero-order valence-corrected chi connectivity index (χ0v) is 17.0. The van der Waals surface area contributed by atoms with E-state index >= 15 is 0 Å². The van der Waals surface area contributed by atoms with E-state index in [1.807, 2.05) is 13.0 Å². The zero-order valence-electron chi connectivity index (χ0n) is 17.0. The molecule has 144 valence electrons. The van der Waals surface area contributed by atoms with E-state index in [1.165, 1.54) is 5.57 Å². The van der Waals surface area contributed by atoms with Gasteiger partial charge in [-0.3, -0.25) is 9.59 Å². The molecule has 0 bridgehead atoms. The molecule has 4 aliphatic rings. The Morgan fingerprint density at radius 3 is 2.58 bits per heavy atom. The quantitative estimate of drug-likeness (QED) is 0.759. The van der Waals surface area contributed by atoms with Gasteiger partial charge in [-0.1, -0.05) is 26.3 Å². The smallest absolute Gasteiger partial charge is 0.155 e. The average Bonchev–Trinajstić information content (AvgIpc) is 2.84. The molecular weight excluding hydrogens is 324 g/mol. The Bertz CT molecular complexity index is 690. The third kappa shape index (κ3) is 2.28. The fourth-order valence-electron chi connectivity index (χ4n) is 8.44. The Kier molecular flexibility index (Phi) is 3.91. The number of fused-ring (bicyclic) bond motifs is 5. The zero-order chi connectivity index (χ0) is 19.1. The SMILES string of the molecule is CC(=O)[C@H]1CC[C@H]2[C@@H]3C[C@@H](C)C4=CC(=O)CC[C@]4(C)[C@H]3[C@@](C)(O)C[C@]12C. The van der Waals surface area contributed by atoms with Crippen LogP contribution in [0.5, 0.6) is 0 Å². The maximum Gasteiger partial charge on any atom is 0.155 e. The van der Waals surface area contributed by atoms with Crippen LogP contribution in [0.4, 0.5) is 0 Å². The van der Waals surface area contributed by atoms with E-state index in [0.717, 1.165) is 25.7 Å². The van der Waals surface area contributed by atoms with Gasteiger partial charge in [-0.25, -0.2) is 0 Å². The molecule has 0 amide bonds. The molecule has 8 atom stereocenters. The molecule has 3 heteroatoms. The van der Waals surface area contributed by atoms with Crippen LogP contribution in [0.2, 0.25) is 0 Å². The molecule has 26 heavy (non-hydrogen) atoms. The van der Waals surface area contributed by atoms with Gasteiger partial charge >= 0.3 is 0 Å².